The number of sulfone groups is 1. The summed E-state index contributed by atoms with van der Waals surface area (Å²) in [5.41, 5.74) is 0. The van der Waals surface area contributed by atoms with Crippen molar-refractivity contribution in [1.82, 2.24) is 15.2 Å². The van der Waals surface area contributed by atoms with E-state index in [1.54, 1.807) is 6.20 Å². The van der Waals surface area contributed by atoms with Crippen molar-refractivity contribution in [3.8, 4) is 0 Å². The molecule has 136 valence electrons. The van der Waals surface area contributed by atoms with Crippen LogP contribution < -0.4 is 10.2 Å². The zero-order valence-corrected chi connectivity index (χ0v) is 17.3. The second kappa shape index (κ2) is 10.0. The SMILES string of the molecule is CCNC(=NCCS(C)(=O)=O)N1CCN(c2ccccn2)CC1.I. The van der Waals surface area contributed by atoms with Crippen molar-refractivity contribution >= 4 is 45.6 Å². The first kappa shape index (κ1) is 20.9. The molecule has 1 aliphatic heterocycles. The number of nitrogens with one attached hydrogen (secondary N) is 1. The van der Waals surface area contributed by atoms with Crippen LogP contribution in [-0.2, 0) is 9.84 Å². The fraction of sp³-hybridized carbons (Fsp3) is 0.600. The van der Waals surface area contributed by atoms with Gasteiger partial charge in [-0.3, -0.25) is 4.99 Å². The van der Waals surface area contributed by atoms with Crippen LogP contribution >= 0.6 is 24.0 Å². The van der Waals surface area contributed by atoms with Crippen molar-refractivity contribution in [2.24, 2.45) is 4.99 Å². The Bertz CT molecular complexity index is 616. The summed E-state index contributed by atoms with van der Waals surface area (Å²) in [5.74, 6) is 1.86. The molecule has 1 aliphatic rings. The molecule has 2 rings (SSSR count). The summed E-state index contributed by atoms with van der Waals surface area (Å²) in [7, 11) is -2.98. The highest BCUT2D eigenvalue weighted by Crippen LogP contribution is 2.12. The lowest BCUT2D eigenvalue weighted by atomic mass is 10.3. The van der Waals surface area contributed by atoms with Gasteiger partial charge >= 0.3 is 0 Å². The van der Waals surface area contributed by atoms with E-state index in [0.717, 1.165) is 44.5 Å². The van der Waals surface area contributed by atoms with Gasteiger partial charge in [-0.25, -0.2) is 13.4 Å². The molecule has 24 heavy (non-hydrogen) atoms. The lowest BCUT2D eigenvalue weighted by Crippen LogP contribution is -2.52. The monoisotopic (exact) mass is 467 g/mol. The van der Waals surface area contributed by atoms with Crippen LogP contribution in [0.15, 0.2) is 29.4 Å². The largest absolute Gasteiger partial charge is 0.357 e. The van der Waals surface area contributed by atoms with Crippen LogP contribution in [0.25, 0.3) is 0 Å². The molecular weight excluding hydrogens is 441 g/mol. The Kier molecular flexibility index (Phi) is 8.74. The molecule has 0 saturated carbocycles. The van der Waals surface area contributed by atoms with Gasteiger partial charge in [0, 0.05) is 45.2 Å². The van der Waals surface area contributed by atoms with E-state index in [4.69, 9.17) is 0 Å². The van der Waals surface area contributed by atoms with E-state index >= 15 is 0 Å². The molecule has 2 heterocycles. The zero-order chi connectivity index (χ0) is 16.7. The third-order valence-electron chi connectivity index (χ3n) is 3.61. The number of aliphatic imine (C=N–C) groups is 1. The number of halogens is 1. The second-order valence-electron chi connectivity index (χ2n) is 5.53. The summed E-state index contributed by atoms with van der Waals surface area (Å²) in [5, 5.41) is 3.24. The highest BCUT2D eigenvalue weighted by atomic mass is 127. The molecule has 1 fully saturated rings. The van der Waals surface area contributed by atoms with E-state index in [-0.39, 0.29) is 29.7 Å². The van der Waals surface area contributed by atoms with Gasteiger partial charge in [0.1, 0.15) is 15.7 Å². The molecule has 0 spiro atoms. The van der Waals surface area contributed by atoms with Crippen LogP contribution in [0.4, 0.5) is 5.82 Å². The van der Waals surface area contributed by atoms with Crippen LogP contribution in [0.1, 0.15) is 6.92 Å². The average molecular weight is 467 g/mol. The lowest BCUT2D eigenvalue weighted by Gasteiger charge is -2.37. The summed E-state index contributed by atoms with van der Waals surface area (Å²) in [6.07, 6.45) is 3.04. The standard InChI is InChI=1S/C15H25N5O2S.HI/c1-3-16-15(18-8-13-23(2,21)22)20-11-9-19(10-12-20)14-6-4-5-7-17-14;/h4-7H,3,8-13H2,1-2H3,(H,16,18);1H. The fourth-order valence-electron chi connectivity index (χ4n) is 2.43. The number of hydrogen-bond donors (Lipinski definition) is 1. The first-order chi connectivity index (χ1) is 11.0. The Morgan fingerprint density at radius 3 is 2.54 bits per heavy atom. The molecule has 9 heteroatoms. The van der Waals surface area contributed by atoms with Crippen LogP contribution in [0.3, 0.4) is 0 Å². The topological polar surface area (TPSA) is 77.9 Å². The minimum Gasteiger partial charge on any atom is -0.357 e. The van der Waals surface area contributed by atoms with Crippen molar-refractivity contribution in [2.75, 3.05) is 56.2 Å². The third-order valence-corrected chi connectivity index (χ3v) is 4.54. The van der Waals surface area contributed by atoms with Crippen molar-refractivity contribution in [1.29, 1.82) is 0 Å². The van der Waals surface area contributed by atoms with Gasteiger partial charge in [0.15, 0.2) is 5.96 Å². The number of guanidine groups is 1. The number of rotatable bonds is 5. The van der Waals surface area contributed by atoms with E-state index in [0.29, 0.717) is 6.54 Å². The molecule has 7 nitrogen and oxygen atoms in total. The van der Waals surface area contributed by atoms with Crippen molar-refractivity contribution in [2.45, 2.75) is 6.92 Å². The van der Waals surface area contributed by atoms with Gasteiger partial charge in [-0.2, -0.15) is 0 Å². The van der Waals surface area contributed by atoms with Gasteiger partial charge in [0.05, 0.1) is 12.3 Å². The minimum absolute atomic E-state index is 0. The predicted octanol–water partition coefficient (Wildman–Crippen LogP) is 0.832. The minimum atomic E-state index is -2.98. The zero-order valence-electron chi connectivity index (χ0n) is 14.2. The Balaban J connectivity index is 0.00000288. The third kappa shape index (κ3) is 6.80. The van der Waals surface area contributed by atoms with Gasteiger partial charge in [0.2, 0.25) is 0 Å². The van der Waals surface area contributed by atoms with E-state index in [2.05, 4.69) is 25.1 Å². The van der Waals surface area contributed by atoms with E-state index in [9.17, 15) is 8.42 Å². The normalized spacial score (nSPS) is 15.8. The van der Waals surface area contributed by atoms with Crippen LogP contribution in [0.5, 0.6) is 0 Å². The number of pyridine rings is 1. The molecule has 0 atom stereocenters. The second-order valence-corrected chi connectivity index (χ2v) is 7.79. The number of nitrogens with zero attached hydrogens (tertiary/aromatic N) is 4. The maximum atomic E-state index is 11.2. The van der Waals surface area contributed by atoms with E-state index < -0.39 is 9.84 Å². The maximum absolute atomic E-state index is 11.2. The van der Waals surface area contributed by atoms with Gasteiger partial charge in [-0.05, 0) is 19.1 Å². The highest BCUT2D eigenvalue weighted by Gasteiger charge is 2.20. The Morgan fingerprint density at radius 1 is 1.29 bits per heavy atom. The summed E-state index contributed by atoms with van der Waals surface area (Å²) >= 11 is 0. The molecule has 1 saturated heterocycles. The first-order valence-electron chi connectivity index (χ1n) is 7.86. The average Bonchev–Trinajstić information content (AvgIpc) is 2.54. The highest BCUT2D eigenvalue weighted by molar-refractivity contribution is 14.0. The van der Waals surface area contributed by atoms with Gasteiger partial charge < -0.3 is 15.1 Å². The number of anilines is 1. The molecule has 1 aromatic heterocycles. The van der Waals surface area contributed by atoms with Gasteiger partial charge in [-0.1, -0.05) is 6.07 Å². The molecule has 0 radical (unpaired) electrons. The van der Waals surface area contributed by atoms with Crippen molar-refractivity contribution < 1.29 is 8.42 Å². The summed E-state index contributed by atoms with van der Waals surface area (Å²) in [6.45, 7) is 6.47. The Hall–Kier alpha value is -1.10. The van der Waals surface area contributed by atoms with E-state index in [1.165, 1.54) is 6.26 Å². The predicted molar refractivity (Wildman–Crippen MR) is 109 cm³/mol. The Morgan fingerprint density at radius 2 is 2.00 bits per heavy atom. The van der Waals surface area contributed by atoms with Crippen molar-refractivity contribution in [3.63, 3.8) is 0 Å². The number of hydrogen-bond acceptors (Lipinski definition) is 5. The molecule has 0 amide bonds. The Labute approximate surface area is 161 Å². The van der Waals surface area contributed by atoms with Crippen molar-refractivity contribution in [3.05, 3.63) is 24.4 Å². The molecule has 0 aromatic carbocycles. The summed E-state index contributed by atoms with van der Waals surface area (Å²) in [6, 6.07) is 5.92. The summed E-state index contributed by atoms with van der Waals surface area (Å²) < 4.78 is 22.5. The summed E-state index contributed by atoms with van der Waals surface area (Å²) in [4.78, 5) is 13.2. The molecule has 1 N–H and O–H groups in total. The number of piperazine rings is 1. The van der Waals surface area contributed by atoms with Gasteiger partial charge in [-0.15, -0.1) is 24.0 Å². The molecule has 0 bridgehead atoms. The molecule has 1 aromatic rings. The van der Waals surface area contributed by atoms with Crippen LogP contribution in [-0.4, -0.2) is 75.5 Å². The smallest absolute Gasteiger partial charge is 0.194 e. The van der Waals surface area contributed by atoms with E-state index in [1.807, 2.05) is 25.1 Å². The quantitative estimate of drug-likeness (QED) is 0.393. The van der Waals surface area contributed by atoms with Crippen LogP contribution in [0, 0.1) is 0 Å². The number of aromatic nitrogens is 1. The fourth-order valence-corrected chi connectivity index (χ4v) is 2.85. The van der Waals surface area contributed by atoms with Crippen LogP contribution in [0.2, 0.25) is 0 Å². The van der Waals surface area contributed by atoms with Gasteiger partial charge in [0.25, 0.3) is 0 Å². The maximum Gasteiger partial charge on any atom is 0.194 e. The first-order valence-corrected chi connectivity index (χ1v) is 9.92. The molecule has 0 unspecified atom stereocenters. The molecule has 0 aliphatic carbocycles. The molecular formula is C15H26IN5O2S. The lowest BCUT2D eigenvalue weighted by molar-refractivity contribution is 0.372.